The zero-order valence-corrected chi connectivity index (χ0v) is 20.1. The molecule has 1 unspecified atom stereocenters. The maximum Gasteiger partial charge on any atom is 0.227 e. The van der Waals surface area contributed by atoms with Crippen molar-refractivity contribution < 1.29 is 14.3 Å². The van der Waals surface area contributed by atoms with Gasteiger partial charge in [-0.3, -0.25) is 14.5 Å². The first-order valence-electron chi connectivity index (χ1n) is 11.9. The molecular weight excluding hydrogens is 412 g/mol. The van der Waals surface area contributed by atoms with E-state index < -0.39 is 6.04 Å². The molecule has 33 heavy (non-hydrogen) atoms. The molecule has 174 valence electrons. The second-order valence-corrected chi connectivity index (χ2v) is 9.84. The lowest BCUT2D eigenvalue weighted by Gasteiger charge is -2.37. The van der Waals surface area contributed by atoms with Crippen molar-refractivity contribution in [1.29, 1.82) is 0 Å². The predicted molar refractivity (Wildman–Crippen MR) is 132 cm³/mol. The molecule has 0 aromatic heterocycles. The van der Waals surface area contributed by atoms with Crippen LogP contribution < -0.4 is 15.0 Å². The number of carbonyl (C=O) groups excluding carboxylic acids is 2. The van der Waals surface area contributed by atoms with E-state index in [1.165, 1.54) is 0 Å². The summed E-state index contributed by atoms with van der Waals surface area (Å²) in [7, 11) is 1.64. The van der Waals surface area contributed by atoms with Gasteiger partial charge in [0, 0.05) is 29.7 Å². The Kier molecular flexibility index (Phi) is 6.59. The normalized spacial score (nSPS) is 19.3. The number of para-hydroxylation sites is 3. The molecule has 2 aromatic rings. The van der Waals surface area contributed by atoms with E-state index in [4.69, 9.17) is 4.74 Å². The third-order valence-corrected chi connectivity index (χ3v) is 6.60. The van der Waals surface area contributed by atoms with Gasteiger partial charge < -0.3 is 10.1 Å². The number of nitrogens with one attached hydrogen (secondary N) is 1. The average molecular weight is 447 g/mol. The van der Waals surface area contributed by atoms with Crippen LogP contribution in [0.1, 0.15) is 70.9 Å². The number of anilines is 2. The topological polar surface area (TPSA) is 58.6 Å². The molecule has 1 heterocycles. The highest BCUT2D eigenvalue weighted by Crippen LogP contribution is 2.49. The first-order valence-corrected chi connectivity index (χ1v) is 11.9. The Morgan fingerprint density at radius 3 is 2.58 bits per heavy atom. The number of carbonyl (C=O) groups is 2. The molecular formula is C28H34N2O3. The lowest BCUT2D eigenvalue weighted by Crippen LogP contribution is -2.39. The molecule has 1 amide bonds. The van der Waals surface area contributed by atoms with Crippen molar-refractivity contribution in [3.8, 4) is 5.75 Å². The number of fused-ring (bicyclic) bond motifs is 1. The fourth-order valence-corrected chi connectivity index (χ4v) is 5.10. The first-order chi connectivity index (χ1) is 15.9. The molecule has 1 aliphatic heterocycles. The molecule has 0 spiro atoms. The smallest absolute Gasteiger partial charge is 0.227 e. The van der Waals surface area contributed by atoms with Crippen molar-refractivity contribution in [2.24, 2.45) is 5.41 Å². The van der Waals surface area contributed by atoms with Crippen LogP contribution in [0.5, 0.6) is 5.75 Å². The quantitative estimate of drug-likeness (QED) is 0.520. The van der Waals surface area contributed by atoms with Crippen LogP contribution in [-0.4, -0.2) is 18.8 Å². The maximum atomic E-state index is 13.8. The molecule has 0 radical (unpaired) electrons. The van der Waals surface area contributed by atoms with Crippen molar-refractivity contribution in [2.45, 2.75) is 65.3 Å². The number of allylic oxidation sites excluding steroid dienone is 1. The Labute approximate surface area is 196 Å². The Bertz CT molecular complexity index is 1090. The fraction of sp³-hybridized carbons (Fsp3) is 0.429. The minimum atomic E-state index is -0.537. The third-order valence-electron chi connectivity index (χ3n) is 6.60. The standard InChI is InChI=1S/C28H34N2O3/c1-5-6-7-16-25(32)30-22-14-10-9-13-20(22)29-21-17-28(2,3)18-23(31)26(21)27(30)19-12-8-11-15-24(19)33-4/h8-15,27,29H,5-7,16-18H2,1-4H3. The van der Waals surface area contributed by atoms with Gasteiger partial charge in [0.1, 0.15) is 5.75 Å². The van der Waals surface area contributed by atoms with E-state index in [2.05, 4.69) is 26.1 Å². The van der Waals surface area contributed by atoms with Crippen LogP contribution in [0.25, 0.3) is 0 Å². The van der Waals surface area contributed by atoms with Gasteiger partial charge in [0.2, 0.25) is 5.91 Å². The van der Waals surface area contributed by atoms with Crippen LogP contribution in [0.2, 0.25) is 0 Å². The van der Waals surface area contributed by atoms with Gasteiger partial charge in [-0.1, -0.05) is 63.9 Å². The molecule has 0 saturated carbocycles. The number of unbranched alkanes of at least 4 members (excludes halogenated alkanes) is 2. The van der Waals surface area contributed by atoms with E-state index >= 15 is 0 Å². The number of methoxy groups -OCH3 is 1. The SMILES string of the molecule is CCCCCC(=O)N1c2ccccc2NC2=C(C(=O)CC(C)(C)C2)C1c1ccccc1OC. The molecule has 4 rings (SSSR count). The number of hydrogen-bond acceptors (Lipinski definition) is 4. The number of ether oxygens (including phenoxy) is 1. The minimum absolute atomic E-state index is 0.0278. The first kappa shape index (κ1) is 23.1. The van der Waals surface area contributed by atoms with E-state index in [1.54, 1.807) is 7.11 Å². The van der Waals surface area contributed by atoms with Crippen molar-refractivity contribution in [1.82, 2.24) is 0 Å². The monoisotopic (exact) mass is 446 g/mol. The summed E-state index contributed by atoms with van der Waals surface area (Å²) in [6.07, 6.45) is 4.51. The van der Waals surface area contributed by atoms with Crippen LogP contribution in [0.4, 0.5) is 11.4 Å². The molecule has 2 aromatic carbocycles. The van der Waals surface area contributed by atoms with E-state index in [-0.39, 0.29) is 17.1 Å². The second kappa shape index (κ2) is 9.42. The van der Waals surface area contributed by atoms with Gasteiger partial charge in [-0.05, 0) is 36.5 Å². The highest BCUT2D eigenvalue weighted by molar-refractivity contribution is 6.06. The van der Waals surface area contributed by atoms with Gasteiger partial charge in [0.05, 0.1) is 24.5 Å². The Balaban J connectivity index is 1.96. The summed E-state index contributed by atoms with van der Waals surface area (Å²) in [5, 5.41) is 3.56. The van der Waals surface area contributed by atoms with Gasteiger partial charge in [0.25, 0.3) is 0 Å². The van der Waals surface area contributed by atoms with Gasteiger partial charge in [-0.2, -0.15) is 0 Å². The van der Waals surface area contributed by atoms with Crippen LogP contribution in [0.15, 0.2) is 59.8 Å². The number of Topliss-reactive ketones (excluding diaryl/α,β-unsaturated/α-hetero) is 1. The molecule has 1 atom stereocenters. The average Bonchev–Trinajstić information content (AvgIpc) is 2.92. The van der Waals surface area contributed by atoms with Crippen LogP contribution in [0, 0.1) is 5.41 Å². The van der Waals surface area contributed by atoms with Gasteiger partial charge in [-0.15, -0.1) is 0 Å². The van der Waals surface area contributed by atoms with E-state index in [0.29, 0.717) is 24.2 Å². The molecule has 2 aliphatic rings. The zero-order chi connectivity index (χ0) is 23.6. The number of ketones is 1. The van der Waals surface area contributed by atoms with E-state index in [9.17, 15) is 9.59 Å². The zero-order valence-electron chi connectivity index (χ0n) is 20.1. The van der Waals surface area contributed by atoms with Crippen molar-refractivity contribution in [3.05, 3.63) is 65.4 Å². The van der Waals surface area contributed by atoms with Crippen LogP contribution >= 0.6 is 0 Å². The molecule has 0 bridgehead atoms. The van der Waals surface area contributed by atoms with Gasteiger partial charge in [0.15, 0.2) is 5.78 Å². The maximum absolute atomic E-state index is 13.8. The number of amides is 1. The number of nitrogens with zero attached hydrogens (tertiary/aromatic N) is 1. The van der Waals surface area contributed by atoms with Gasteiger partial charge >= 0.3 is 0 Å². The number of hydrogen-bond donors (Lipinski definition) is 1. The van der Waals surface area contributed by atoms with Crippen LogP contribution in [-0.2, 0) is 9.59 Å². The van der Waals surface area contributed by atoms with Crippen LogP contribution in [0.3, 0.4) is 0 Å². The lowest BCUT2D eigenvalue weighted by molar-refractivity contribution is -0.119. The lowest BCUT2D eigenvalue weighted by atomic mass is 9.73. The van der Waals surface area contributed by atoms with Gasteiger partial charge in [-0.25, -0.2) is 0 Å². The third kappa shape index (κ3) is 4.54. The predicted octanol–water partition coefficient (Wildman–Crippen LogP) is 6.42. The molecule has 0 saturated heterocycles. The number of rotatable bonds is 6. The molecule has 1 aliphatic carbocycles. The largest absolute Gasteiger partial charge is 0.496 e. The number of benzene rings is 2. The molecule has 1 N–H and O–H groups in total. The van der Waals surface area contributed by atoms with Crippen molar-refractivity contribution in [2.75, 3.05) is 17.3 Å². The highest BCUT2D eigenvalue weighted by Gasteiger charge is 2.43. The fourth-order valence-electron chi connectivity index (χ4n) is 5.10. The molecule has 5 heteroatoms. The molecule has 5 nitrogen and oxygen atoms in total. The summed E-state index contributed by atoms with van der Waals surface area (Å²) in [6, 6.07) is 15.1. The highest BCUT2D eigenvalue weighted by atomic mass is 16.5. The van der Waals surface area contributed by atoms with Crippen molar-refractivity contribution in [3.63, 3.8) is 0 Å². The summed E-state index contributed by atoms with van der Waals surface area (Å²) in [4.78, 5) is 29.3. The van der Waals surface area contributed by atoms with E-state index in [0.717, 1.165) is 48.3 Å². The van der Waals surface area contributed by atoms with Crippen molar-refractivity contribution >= 4 is 23.1 Å². The minimum Gasteiger partial charge on any atom is -0.496 e. The summed E-state index contributed by atoms with van der Waals surface area (Å²) in [5.41, 5.74) is 3.93. The summed E-state index contributed by atoms with van der Waals surface area (Å²) >= 11 is 0. The Morgan fingerprint density at radius 1 is 1.09 bits per heavy atom. The molecule has 0 fully saturated rings. The summed E-state index contributed by atoms with van der Waals surface area (Å²) in [5.74, 6) is 0.793. The summed E-state index contributed by atoms with van der Waals surface area (Å²) in [6.45, 7) is 6.38. The summed E-state index contributed by atoms with van der Waals surface area (Å²) < 4.78 is 5.72. The second-order valence-electron chi connectivity index (χ2n) is 9.84. The van der Waals surface area contributed by atoms with E-state index in [1.807, 2.05) is 53.4 Å². The Morgan fingerprint density at radius 2 is 1.82 bits per heavy atom. The Hall–Kier alpha value is -3.08.